The van der Waals surface area contributed by atoms with Gasteiger partial charge in [0, 0.05) is 0 Å². The first kappa shape index (κ1) is 24.1. The van der Waals surface area contributed by atoms with E-state index < -0.39 is 8.25 Å². The summed E-state index contributed by atoms with van der Waals surface area (Å²) in [5.74, 6) is 0. The highest BCUT2D eigenvalue weighted by atomic mass is 79.9. The lowest BCUT2D eigenvalue weighted by Crippen LogP contribution is -1.95. The topological polar surface area (TPSA) is 57.5 Å². The van der Waals surface area contributed by atoms with Crippen LogP contribution in [0.25, 0.3) is 0 Å². The first-order valence-corrected chi connectivity index (χ1v) is 9.92. The minimum Gasteiger partial charge on any atom is -0.326 e. The summed E-state index contributed by atoms with van der Waals surface area (Å²) in [6, 6.07) is 0. The monoisotopic (exact) mass is 364 g/mol. The molecule has 0 aliphatic heterocycles. The molecule has 0 atom stereocenters. The van der Waals surface area contributed by atoms with Crippen molar-refractivity contribution in [1.82, 2.24) is 0 Å². The van der Waals surface area contributed by atoms with Crippen molar-refractivity contribution >= 4 is 33.2 Å². The van der Waals surface area contributed by atoms with Gasteiger partial charge in [-0.15, -0.1) is 24.9 Å². The fourth-order valence-electron chi connectivity index (χ4n) is 1.48. The maximum absolute atomic E-state index is 8.74. The molecule has 0 amide bonds. The SMILES string of the molecule is Br.CCCCP(CCCC)CCCC.O=[PH](O)O. The molecule has 0 aromatic carbocycles. The molecule has 0 aromatic rings. The Balaban J connectivity index is -0.000000392. The van der Waals surface area contributed by atoms with Crippen LogP contribution in [0.15, 0.2) is 0 Å². The zero-order chi connectivity index (χ0) is 13.5. The number of rotatable bonds is 9. The molecule has 0 unspecified atom stereocenters. The zero-order valence-corrected chi connectivity index (χ0v) is 15.6. The van der Waals surface area contributed by atoms with Crippen molar-refractivity contribution in [3.05, 3.63) is 0 Å². The fourth-order valence-corrected chi connectivity index (χ4v) is 4.44. The lowest BCUT2D eigenvalue weighted by atomic mass is 10.4. The van der Waals surface area contributed by atoms with Gasteiger partial charge in [-0.05, 0) is 37.7 Å². The van der Waals surface area contributed by atoms with Crippen molar-refractivity contribution in [2.75, 3.05) is 18.5 Å². The van der Waals surface area contributed by atoms with Crippen LogP contribution >= 0.6 is 33.2 Å². The maximum atomic E-state index is 8.74. The summed E-state index contributed by atoms with van der Waals surface area (Å²) < 4.78 is 8.74. The summed E-state index contributed by atoms with van der Waals surface area (Å²) in [6.07, 6.45) is 13.2. The summed E-state index contributed by atoms with van der Waals surface area (Å²) in [5, 5.41) is 0. The van der Waals surface area contributed by atoms with E-state index in [9.17, 15) is 0 Å². The molecule has 0 saturated heterocycles. The predicted molar refractivity (Wildman–Crippen MR) is 90.0 cm³/mol. The van der Waals surface area contributed by atoms with Gasteiger partial charge < -0.3 is 9.79 Å². The van der Waals surface area contributed by atoms with E-state index in [1.54, 1.807) is 18.5 Å². The molecule has 6 heteroatoms. The molecule has 0 heterocycles. The molecule has 0 saturated carbocycles. The molecular formula is C12H31BrO3P2. The highest BCUT2D eigenvalue weighted by Gasteiger charge is 2.05. The first-order valence-electron chi connectivity index (χ1n) is 6.72. The third kappa shape index (κ3) is 25.8. The predicted octanol–water partition coefficient (Wildman–Crippen LogP) is 4.81. The molecule has 0 spiro atoms. The van der Waals surface area contributed by atoms with E-state index in [1.165, 1.54) is 38.5 Å². The van der Waals surface area contributed by atoms with E-state index in [1.807, 2.05) is 0 Å². The summed E-state index contributed by atoms with van der Waals surface area (Å²) in [5.41, 5.74) is 0. The van der Waals surface area contributed by atoms with Crippen molar-refractivity contribution in [3.8, 4) is 0 Å². The molecule has 0 radical (unpaired) electrons. The highest BCUT2D eigenvalue weighted by Crippen LogP contribution is 2.38. The highest BCUT2D eigenvalue weighted by molar-refractivity contribution is 8.93. The van der Waals surface area contributed by atoms with Crippen LogP contribution in [0.1, 0.15) is 59.3 Å². The Kier molecular flexibility index (Phi) is 27.3. The second kappa shape index (κ2) is 20.4. The lowest BCUT2D eigenvalue weighted by molar-refractivity contribution is 0.405. The quantitative estimate of drug-likeness (QED) is 0.577. The average Bonchev–Trinajstić information content (AvgIpc) is 2.27. The Morgan fingerprint density at radius 1 is 0.833 bits per heavy atom. The molecule has 0 rings (SSSR count). The van der Waals surface area contributed by atoms with Crippen molar-refractivity contribution in [1.29, 1.82) is 0 Å². The largest absolute Gasteiger partial charge is 0.326 e. The molecule has 0 aliphatic rings. The minimum absolute atomic E-state index is 0. The van der Waals surface area contributed by atoms with Gasteiger partial charge in [-0.3, -0.25) is 4.57 Å². The number of hydrogen-bond donors (Lipinski definition) is 2. The van der Waals surface area contributed by atoms with Crippen LogP contribution in [0, 0.1) is 0 Å². The van der Waals surface area contributed by atoms with E-state index in [2.05, 4.69) is 20.8 Å². The third-order valence-corrected chi connectivity index (χ3v) is 5.33. The van der Waals surface area contributed by atoms with Crippen LogP contribution in [0.2, 0.25) is 0 Å². The van der Waals surface area contributed by atoms with Gasteiger partial charge in [0.05, 0.1) is 0 Å². The van der Waals surface area contributed by atoms with Gasteiger partial charge in [-0.25, -0.2) is 0 Å². The summed E-state index contributed by atoms with van der Waals surface area (Å²) in [6.45, 7) is 6.94. The van der Waals surface area contributed by atoms with Gasteiger partial charge in [0.15, 0.2) is 0 Å². The third-order valence-electron chi connectivity index (χ3n) is 2.48. The van der Waals surface area contributed by atoms with Crippen LogP contribution < -0.4 is 0 Å². The van der Waals surface area contributed by atoms with Crippen LogP contribution in [0.5, 0.6) is 0 Å². The molecule has 0 fully saturated rings. The standard InChI is InChI=1S/C12H27P.BrH.H3O3P/c1-4-7-10-13(11-8-5-2)12-9-6-3;;1-4(2)3/h4-12H2,1-3H3;1H;4H,(H2,1,2,3). The average molecular weight is 365 g/mol. The Morgan fingerprint density at radius 3 is 1.22 bits per heavy atom. The van der Waals surface area contributed by atoms with Gasteiger partial charge in [-0.2, -0.15) is 0 Å². The first-order chi connectivity index (χ1) is 8.08. The molecular weight excluding hydrogens is 334 g/mol. The molecule has 0 aromatic heterocycles. The number of halogens is 1. The summed E-state index contributed by atoms with van der Waals surface area (Å²) in [7, 11) is -2.71. The molecule has 18 heavy (non-hydrogen) atoms. The Hall–Kier alpha value is 1.06. The fraction of sp³-hybridized carbons (Fsp3) is 1.00. The number of unbranched alkanes of at least 4 members (excludes halogenated alkanes) is 3. The maximum Gasteiger partial charge on any atom is 0.314 e. The van der Waals surface area contributed by atoms with Gasteiger partial charge in [0.25, 0.3) is 0 Å². The Labute approximate surface area is 125 Å². The molecule has 0 aliphatic carbocycles. The van der Waals surface area contributed by atoms with Crippen LogP contribution in [0.3, 0.4) is 0 Å². The summed E-state index contributed by atoms with van der Waals surface area (Å²) >= 11 is 0. The molecule has 3 nitrogen and oxygen atoms in total. The van der Waals surface area contributed by atoms with Crippen LogP contribution in [-0.4, -0.2) is 28.3 Å². The van der Waals surface area contributed by atoms with Gasteiger partial charge in [0.2, 0.25) is 0 Å². The molecule has 2 N–H and O–H groups in total. The Morgan fingerprint density at radius 2 is 1.06 bits per heavy atom. The van der Waals surface area contributed by atoms with E-state index in [4.69, 9.17) is 14.4 Å². The minimum atomic E-state index is -3.13. The Bertz CT molecular complexity index is 148. The van der Waals surface area contributed by atoms with Crippen molar-refractivity contribution < 1.29 is 14.4 Å². The van der Waals surface area contributed by atoms with Crippen LogP contribution in [0.4, 0.5) is 0 Å². The van der Waals surface area contributed by atoms with Gasteiger partial charge in [0.1, 0.15) is 0 Å². The van der Waals surface area contributed by atoms with Gasteiger partial charge in [-0.1, -0.05) is 40.0 Å². The number of hydrogen-bond acceptors (Lipinski definition) is 1. The molecule has 114 valence electrons. The van der Waals surface area contributed by atoms with Crippen molar-refractivity contribution in [3.63, 3.8) is 0 Å². The van der Waals surface area contributed by atoms with E-state index >= 15 is 0 Å². The van der Waals surface area contributed by atoms with Crippen molar-refractivity contribution in [2.24, 2.45) is 0 Å². The smallest absolute Gasteiger partial charge is 0.314 e. The van der Waals surface area contributed by atoms with Gasteiger partial charge >= 0.3 is 8.25 Å². The lowest BCUT2D eigenvalue weighted by Gasteiger charge is -2.16. The second-order valence-corrected chi connectivity index (χ2v) is 7.43. The second-order valence-electron chi connectivity index (χ2n) is 4.18. The summed E-state index contributed by atoms with van der Waals surface area (Å²) in [4.78, 5) is 14.3. The van der Waals surface area contributed by atoms with E-state index in [0.717, 1.165) is 0 Å². The van der Waals surface area contributed by atoms with E-state index in [-0.39, 0.29) is 17.0 Å². The van der Waals surface area contributed by atoms with Crippen molar-refractivity contribution in [2.45, 2.75) is 59.3 Å². The normalized spacial score (nSPS) is 9.94. The molecule has 0 bridgehead atoms. The van der Waals surface area contributed by atoms with E-state index in [0.29, 0.717) is 7.92 Å². The zero-order valence-electron chi connectivity index (χ0n) is 12.0. The van der Waals surface area contributed by atoms with Crippen LogP contribution in [-0.2, 0) is 4.57 Å².